The summed E-state index contributed by atoms with van der Waals surface area (Å²) >= 11 is 3.69. The van der Waals surface area contributed by atoms with Crippen molar-refractivity contribution >= 4 is 26.1 Å². The first-order valence-corrected chi connectivity index (χ1v) is 13.7. The number of likely N-dealkylation sites (tertiary alicyclic amines) is 1. The van der Waals surface area contributed by atoms with Crippen molar-refractivity contribution in [2.75, 3.05) is 40.8 Å². The van der Waals surface area contributed by atoms with Crippen LogP contribution in [0.4, 0.5) is 0 Å². The van der Waals surface area contributed by atoms with Gasteiger partial charge < -0.3 is 9.64 Å². The van der Waals surface area contributed by atoms with Gasteiger partial charge in [-0.2, -0.15) is 17.4 Å². The van der Waals surface area contributed by atoms with Crippen molar-refractivity contribution in [2.24, 2.45) is 11.8 Å². The van der Waals surface area contributed by atoms with Crippen molar-refractivity contribution in [1.29, 1.82) is 0 Å². The Morgan fingerprint density at radius 1 is 1.10 bits per heavy atom. The summed E-state index contributed by atoms with van der Waals surface area (Å²) in [6.45, 7) is 3.54. The van der Waals surface area contributed by atoms with Crippen LogP contribution in [0, 0.1) is 11.8 Å². The molecule has 1 aromatic rings. The number of ether oxygens (including phenoxy) is 1. The Morgan fingerprint density at radius 2 is 1.77 bits per heavy atom. The zero-order valence-electron chi connectivity index (χ0n) is 19.1. The van der Waals surface area contributed by atoms with Crippen LogP contribution in [0.5, 0.6) is 5.75 Å². The molecule has 31 heavy (non-hydrogen) atoms. The molecule has 176 valence electrons. The quantitative estimate of drug-likeness (QED) is 0.538. The first-order valence-electron chi connectivity index (χ1n) is 11.5. The van der Waals surface area contributed by atoms with Crippen LogP contribution in [0.1, 0.15) is 50.5 Å². The van der Waals surface area contributed by atoms with E-state index in [0.29, 0.717) is 0 Å². The van der Waals surface area contributed by atoms with Crippen LogP contribution in [0.3, 0.4) is 0 Å². The van der Waals surface area contributed by atoms with Gasteiger partial charge in [0.25, 0.3) is 10.2 Å². The van der Waals surface area contributed by atoms with Gasteiger partial charge in [0.1, 0.15) is 5.75 Å². The lowest BCUT2D eigenvalue weighted by Crippen LogP contribution is -2.43. The Labute approximate surface area is 197 Å². The monoisotopic (exact) mass is 515 g/mol. The highest BCUT2D eigenvalue weighted by Gasteiger charge is 2.27. The summed E-state index contributed by atoms with van der Waals surface area (Å²) < 4.78 is 34.7. The summed E-state index contributed by atoms with van der Waals surface area (Å²) in [6.07, 6.45) is 9.01. The maximum Gasteiger partial charge on any atom is 0.279 e. The molecule has 0 radical (unpaired) electrons. The van der Waals surface area contributed by atoms with E-state index in [9.17, 15) is 8.42 Å². The lowest BCUT2D eigenvalue weighted by atomic mass is 9.84. The van der Waals surface area contributed by atoms with Crippen molar-refractivity contribution in [2.45, 2.75) is 57.4 Å². The summed E-state index contributed by atoms with van der Waals surface area (Å²) in [5.74, 6) is 2.39. The van der Waals surface area contributed by atoms with E-state index in [-0.39, 0.29) is 6.04 Å². The number of hydrogen-bond donors (Lipinski definition) is 1. The molecule has 1 saturated heterocycles. The van der Waals surface area contributed by atoms with Gasteiger partial charge in [0.2, 0.25) is 0 Å². The highest BCUT2D eigenvalue weighted by molar-refractivity contribution is 9.10. The van der Waals surface area contributed by atoms with E-state index in [1.165, 1.54) is 53.2 Å². The molecule has 1 saturated carbocycles. The van der Waals surface area contributed by atoms with Crippen LogP contribution in [-0.4, -0.2) is 64.5 Å². The van der Waals surface area contributed by atoms with E-state index < -0.39 is 10.2 Å². The summed E-state index contributed by atoms with van der Waals surface area (Å²) in [6, 6.07) is 6.34. The molecule has 0 atom stereocenters. The minimum Gasteiger partial charge on any atom is -0.497 e. The number of hydrogen-bond acceptors (Lipinski definition) is 4. The molecule has 0 amide bonds. The standard InChI is InChI=1S/C23H38BrN3O3S/c1-26(2)31(28,29)25-21-6-4-18(5-7-21)10-13-27-14-11-19(12-15-27)16-20-17-22(30-3)8-9-23(20)24/h8-9,17-19,21,25H,4-7,10-16H2,1-3H3/t18-,21+. The molecule has 2 fully saturated rings. The van der Waals surface area contributed by atoms with E-state index >= 15 is 0 Å². The third-order valence-electron chi connectivity index (χ3n) is 6.97. The molecule has 0 aromatic heterocycles. The lowest BCUT2D eigenvalue weighted by molar-refractivity contribution is 0.164. The second kappa shape index (κ2) is 11.5. The van der Waals surface area contributed by atoms with Crippen LogP contribution >= 0.6 is 15.9 Å². The van der Waals surface area contributed by atoms with Gasteiger partial charge in [-0.05, 0) is 107 Å². The van der Waals surface area contributed by atoms with E-state index in [4.69, 9.17) is 4.74 Å². The second-order valence-electron chi connectivity index (χ2n) is 9.36. The third-order valence-corrected chi connectivity index (χ3v) is 9.33. The zero-order valence-corrected chi connectivity index (χ0v) is 21.6. The lowest BCUT2D eigenvalue weighted by Gasteiger charge is -2.34. The highest BCUT2D eigenvalue weighted by atomic mass is 79.9. The van der Waals surface area contributed by atoms with E-state index in [1.54, 1.807) is 21.2 Å². The molecule has 1 heterocycles. The molecule has 8 heteroatoms. The molecule has 0 unspecified atom stereocenters. The van der Waals surface area contributed by atoms with Crippen LogP contribution in [0.25, 0.3) is 0 Å². The maximum atomic E-state index is 12.0. The summed E-state index contributed by atoms with van der Waals surface area (Å²) in [5, 5.41) is 0. The van der Waals surface area contributed by atoms with Gasteiger partial charge in [-0.25, -0.2) is 0 Å². The number of benzene rings is 1. The van der Waals surface area contributed by atoms with Crippen LogP contribution in [0.15, 0.2) is 22.7 Å². The Balaban J connectivity index is 1.35. The summed E-state index contributed by atoms with van der Waals surface area (Å²) in [4.78, 5) is 2.62. The second-order valence-corrected chi connectivity index (χ2v) is 12.1. The van der Waals surface area contributed by atoms with Crippen molar-refractivity contribution in [1.82, 2.24) is 13.9 Å². The van der Waals surface area contributed by atoms with Gasteiger partial charge in [0.05, 0.1) is 7.11 Å². The van der Waals surface area contributed by atoms with Crippen molar-refractivity contribution < 1.29 is 13.2 Å². The maximum absolute atomic E-state index is 12.0. The number of methoxy groups -OCH3 is 1. The third kappa shape index (κ3) is 7.42. The highest BCUT2D eigenvalue weighted by Crippen LogP contribution is 2.30. The number of piperidine rings is 1. The number of rotatable bonds is 9. The smallest absolute Gasteiger partial charge is 0.279 e. The largest absolute Gasteiger partial charge is 0.497 e. The van der Waals surface area contributed by atoms with E-state index in [2.05, 4.69) is 37.7 Å². The molecule has 6 nitrogen and oxygen atoms in total. The summed E-state index contributed by atoms with van der Waals surface area (Å²) in [7, 11) is 1.56. The fraction of sp³-hybridized carbons (Fsp3) is 0.739. The molecule has 3 rings (SSSR count). The molecule has 0 bridgehead atoms. The number of nitrogens with one attached hydrogen (secondary N) is 1. The molecular formula is C23H38BrN3O3S. The molecule has 1 aliphatic carbocycles. The molecular weight excluding hydrogens is 478 g/mol. The first kappa shape index (κ1) is 25.0. The molecule has 2 aliphatic rings. The summed E-state index contributed by atoms with van der Waals surface area (Å²) in [5.41, 5.74) is 1.35. The van der Waals surface area contributed by atoms with E-state index in [1.807, 2.05) is 6.07 Å². The van der Waals surface area contributed by atoms with Crippen LogP contribution < -0.4 is 9.46 Å². The average molecular weight is 517 g/mol. The topological polar surface area (TPSA) is 61.9 Å². The predicted molar refractivity (Wildman–Crippen MR) is 130 cm³/mol. The molecule has 1 N–H and O–H groups in total. The van der Waals surface area contributed by atoms with Crippen molar-refractivity contribution in [3.8, 4) is 5.75 Å². The molecule has 1 aliphatic heterocycles. The fourth-order valence-electron chi connectivity index (χ4n) is 4.81. The SMILES string of the molecule is COc1ccc(Br)c(CC2CCN(CC[C@H]3CC[C@@H](NS(=O)(=O)N(C)C)CC3)CC2)c1. The zero-order chi connectivity index (χ0) is 22.4. The van der Waals surface area contributed by atoms with Gasteiger partial charge >= 0.3 is 0 Å². The van der Waals surface area contributed by atoms with Crippen LogP contribution in [0.2, 0.25) is 0 Å². The van der Waals surface area contributed by atoms with Gasteiger partial charge in [0, 0.05) is 24.6 Å². The van der Waals surface area contributed by atoms with E-state index in [0.717, 1.165) is 49.7 Å². The van der Waals surface area contributed by atoms with Crippen LogP contribution in [-0.2, 0) is 16.6 Å². The van der Waals surface area contributed by atoms with Gasteiger partial charge in [-0.15, -0.1) is 0 Å². The molecule has 1 aromatic carbocycles. The number of nitrogens with zero attached hydrogens (tertiary/aromatic N) is 2. The number of halogens is 1. The van der Waals surface area contributed by atoms with Crippen molar-refractivity contribution in [3.05, 3.63) is 28.2 Å². The fourth-order valence-corrected chi connectivity index (χ4v) is 6.09. The minimum absolute atomic E-state index is 0.0929. The Morgan fingerprint density at radius 3 is 2.39 bits per heavy atom. The average Bonchev–Trinajstić information content (AvgIpc) is 2.75. The Hall–Kier alpha value is -0.670. The van der Waals surface area contributed by atoms with Crippen molar-refractivity contribution in [3.63, 3.8) is 0 Å². The molecule has 0 spiro atoms. The predicted octanol–water partition coefficient (Wildman–Crippen LogP) is 4.06. The van der Waals surface area contributed by atoms with Gasteiger partial charge in [-0.3, -0.25) is 0 Å². The Bertz CT molecular complexity index is 802. The Kier molecular flexibility index (Phi) is 9.22. The van der Waals surface area contributed by atoms with Gasteiger partial charge in [0.15, 0.2) is 0 Å². The normalized spacial score (nSPS) is 23.9. The van der Waals surface area contributed by atoms with Gasteiger partial charge in [-0.1, -0.05) is 15.9 Å². The minimum atomic E-state index is -3.31. The first-order chi connectivity index (χ1) is 14.8.